The van der Waals surface area contributed by atoms with Crippen LogP contribution in [0.4, 0.5) is 4.39 Å². The molecule has 0 unspecified atom stereocenters. The molecule has 3 heteroatoms. The smallest absolute Gasteiger partial charge is 0.138 e. The van der Waals surface area contributed by atoms with E-state index in [1.807, 2.05) is 13.1 Å². The van der Waals surface area contributed by atoms with Crippen molar-refractivity contribution in [3.8, 4) is 17.9 Å². The molecular weight excluding hydrogens is 191 g/mol. The lowest BCUT2D eigenvalue weighted by Gasteiger charge is -1.94. The van der Waals surface area contributed by atoms with Crippen LogP contribution in [0.3, 0.4) is 0 Å². The Labute approximate surface area is 88.7 Å². The third-order valence-corrected chi connectivity index (χ3v) is 1.82. The van der Waals surface area contributed by atoms with E-state index in [1.165, 1.54) is 18.2 Å². The number of nitriles is 1. The highest BCUT2D eigenvalue weighted by atomic mass is 19.1. The van der Waals surface area contributed by atoms with Crippen LogP contribution in [0.1, 0.15) is 17.5 Å². The molecule has 1 aromatic rings. The number of rotatable bonds is 2. The Morgan fingerprint density at radius 2 is 2.27 bits per heavy atom. The molecular formula is C12H11FN2. The molecule has 0 heterocycles. The first-order valence-corrected chi connectivity index (χ1v) is 4.61. The second kappa shape index (κ2) is 5.80. The van der Waals surface area contributed by atoms with Crippen LogP contribution in [0.5, 0.6) is 0 Å². The van der Waals surface area contributed by atoms with E-state index in [-0.39, 0.29) is 11.4 Å². The molecule has 0 aliphatic rings. The predicted molar refractivity (Wildman–Crippen MR) is 56.5 cm³/mol. The SMILES string of the molecule is CNCCC#Cc1cc(C#N)ccc1F. The van der Waals surface area contributed by atoms with Crippen molar-refractivity contribution in [1.29, 1.82) is 5.26 Å². The Kier molecular flexibility index (Phi) is 4.34. The summed E-state index contributed by atoms with van der Waals surface area (Å²) < 4.78 is 13.2. The Morgan fingerprint density at radius 3 is 2.93 bits per heavy atom. The highest BCUT2D eigenvalue weighted by molar-refractivity contribution is 5.42. The van der Waals surface area contributed by atoms with E-state index in [4.69, 9.17) is 5.26 Å². The molecule has 2 nitrogen and oxygen atoms in total. The van der Waals surface area contributed by atoms with Crippen LogP contribution >= 0.6 is 0 Å². The van der Waals surface area contributed by atoms with Gasteiger partial charge in [-0.25, -0.2) is 4.39 Å². The average Bonchev–Trinajstić information content (AvgIpc) is 2.26. The molecule has 0 amide bonds. The van der Waals surface area contributed by atoms with Gasteiger partial charge in [-0.1, -0.05) is 11.8 Å². The minimum absolute atomic E-state index is 0.283. The van der Waals surface area contributed by atoms with Crippen molar-refractivity contribution in [2.24, 2.45) is 0 Å². The van der Waals surface area contributed by atoms with Crippen molar-refractivity contribution in [3.05, 3.63) is 35.1 Å². The van der Waals surface area contributed by atoms with Gasteiger partial charge in [0.05, 0.1) is 17.2 Å². The van der Waals surface area contributed by atoms with Gasteiger partial charge in [0.25, 0.3) is 0 Å². The van der Waals surface area contributed by atoms with Crippen LogP contribution < -0.4 is 5.32 Å². The van der Waals surface area contributed by atoms with Gasteiger partial charge in [0.1, 0.15) is 5.82 Å². The summed E-state index contributed by atoms with van der Waals surface area (Å²) in [5.74, 6) is 5.16. The number of halogens is 1. The maximum atomic E-state index is 13.2. The summed E-state index contributed by atoms with van der Waals surface area (Å²) in [5.41, 5.74) is 0.708. The van der Waals surface area contributed by atoms with Crippen LogP contribution in [0.25, 0.3) is 0 Å². The standard InChI is InChI=1S/C12H11FN2/c1-15-7-3-2-4-11-8-10(9-14)5-6-12(11)13/h5-6,8,15H,3,7H2,1H3. The molecule has 0 atom stereocenters. The lowest BCUT2D eigenvalue weighted by atomic mass is 10.1. The van der Waals surface area contributed by atoms with Crippen LogP contribution in [0, 0.1) is 29.0 Å². The zero-order chi connectivity index (χ0) is 11.1. The van der Waals surface area contributed by atoms with Crippen molar-refractivity contribution in [2.75, 3.05) is 13.6 Å². The molecule has 0 spiro atoms. The second-order valence-electron chi connectivity index (χ2n) is 2.96. The van der Waals surface area contributed by atoms with Crippen molar-refractivity contribution in [2.45, 2.75) is 6.42 Å². The van der Waals surface area contributed by atoms with E-state index in [0.717, 1.165) is 6.54 Å². The molecule has 1 rings (SSSR count). The molecule has 0 saturated carbocycles. The lowest BCUT2D eigenvalue weighted by Crippen LogP contribution is -2.05. The molecule has 76 valence electrons. The van der Waals surface area contributed by atoms with Crippen LogP contribution in [-0.2, 0) is 0 Å². The van der Waals surface area contributed by atoms with Gasteiger partial charge < -0.3 is 5.32 Å². The molecule has 0 aliphatic heterocycles. The van der Waals surface area contributed by atoms with Crippen molar-refractivity contribution < 1.29 is 4.39 Å². The van der Waals surface area contributed by atoms with E-state index in [9.17, 15) is 4.39 Å². The number of hydrogen-bond donors (Lipinski definition) is 1. The molecule has 0 fully saturated rings. The summed E-state index contributed by atoms with van der Waals surface area (Å²) in [6, 6.07) is 6.11. The van der Waals surface area contributed by atoms with Gasteiger partial charge in [0.15, 0.2) is 0 Å². The molecule has 0 saturated heterocycles. The largest absolute Gasteiger partial charge is 0.319 e. The summed E-state index contributed by atoms with van der Waals surface area (Å²) in [4.78, 5) is 0. The van der Waals surface area contributed by atoms with Crippen molar-refractivity contribution in [3.63, 3.8) is 0 Å². The van der Waals surface area contributed by atoms with Gasteiger partial charge in [-0.2, -0.15) is 5.26 Å². The maximum absolute atomic E-state index is 13.2. The predicted octanol–water partition coefficient (Wildman–Crippen LogP) is 1.66. The number of nitrogens with zero attached hydrogens (tertiary/aromatic N) is 1. The summed E-state index contributed by atoms with van der Waals surface area (Å²) >= 11 is 0. The lowest BCUT2D eigenvalue weighted by molar-refractivity contribution is 0.624. The summed E-state index contributed by atoms with van der Waals surface area (Å²) in [5, 5.41) is 11.6. The first-order valence-electron chi connectivity index (χ1n) is 4.61. The number of benzene rings is 1. The summed E-state index contributed by atoms with van der Waals surface area (Å²) in [6.45, 7) is 0.770. The van der Waals surface area contributed by atoms with E-state index in [0.29, 0.717) is 12.0 Å². The van der Waals surface area contributed by atoms with Gasteiger partial charge >= 0.3 is 0 Å². The zero-order valence-corrected chi connectivity index (χ0v) is 8.47. The van der Waals surface area contributed by atoms with Gasteiger partial charge in [-0.15, -0.1) is 0 Å². The fourth-order valence-corrected chi connectivity index (χ4v) is 1.04. The highest BCUT2D eigenvalue weighted by Gasteiger charge is 1.99. The first kappa shape index (κ1) is 11.2. The topological polar surface area (TPSA) is 35.8 Å². The fraction of sp³-hybridized carbons (Fsp3) is 0.250. The summed E-state index contributed by atoms with van der Waals surface area (Å²) in [7, 11) is 1.83. The molecule has 0 bridgehead atoms. The van der Waals surface area contributed by atoms with Crippen LogP contribution in [0.2, 0.25) is 0 Å². The van der Waals surface area contributed by atoms with Crippen molar-refractivity contribution in [1.82, 2.24) is 5.32 Å². The number of hydrogen-bond acceptors (Lipinski definition) is 2. The average molecular weight is 202 g/mol. The highest BCUT2D eigenvalue weighted by Crippen LogP contribution is 2.08. The Hall–Kier alpha value is -1.84. The molecule has 1 N–H and O–H groups in total. The van der Waals surface area contributed by atoms with Gasteiger partial charge in [0.2, 0.25) is 0 Å². The Balaban J connectivity index is 2.83. The van der Waals surface area contributed by atoms with E-state index < -0.39 is 0 Å². The summed E-state index contributed by atoms with van der Waals surface area (Å²) in [6.07, 6.45) is 0.659. The quantitative estimate of drug-likeness (QED) is 0.584. The second-order valence-corrected chi connectivity index (χ2v) is 2.96. The van der Waals surface area contributed by atoms with Gasteiger partial charge in [0, 0.05) is 13.0 Å². The monoisotopic (exact) mass is 202 g/mol. The molecule has 0 aromatic heterocycles. The Morgan fingerprint density at radius 1 is 1.47 bits per heavy atom. The third kappa shape index (κ3) is 3.42. The van der Waals surface area contributed by atoms with Gasteiger partial charge in [-0.3, -0.25) is 0 Å². The molecule has 0 radical (unpaired) electrons. The van der Waals surface area contributed by atoms with Crippen LogP contribution in [-0.4, -0.2) is 13.6 Å². The minimum atomic E-state index is -0.383. The third-order valence-electron chi connectivity index (χ3n) is 1.82. The van der Waals surface area contributed by atoms with E-state index in [1.54, 1.807) is 0 Å². The molecule has 1 aromatic carbocycles. The first-order chi connectivity index (χ1) is 7.27. The van der Waals surface area contributed by atoms with E-state index in [2.05, 4.69) is 17.2 Å². The normalized spacial score (nSPS) is 8.87. The molecule has 0 aliphatic carbocycles. The minimum Gasteiger partial charge on any atom is -0.319 e. The zero-order valence-electron chi connectivity index (χ0n) is 8.47. The van der Waals surface area contributed by atoms with Crippen molar-refractivity contribution >= 4 is 0 Å². The Bertz CT molecular complexity index is 435. The van der Waals surface area contributed by atoms with E-state index >= 15 is 0 Å². The molecule has 15 heavy (non-hydrogen) atoms. The fourth-order valence-electron chi connectivity index (χ4n) is 1.04. The number of nitrogens with one attached hydrogen (secondary N) is 1. The maximum Gasteiger partial charge on any atom is 0.138 e. The van der Waals surface area contributed by atoms with Gasteiger partial charge in [-0.05, 0) is 25.2 Å². The van der Waals surface area contributed by atoms with Crippen LogP contribution in [0.15, 0.2) is 18.2 Å².